The third kappa shape index (κ3) is 4.81. The highest BCUT2D eigenvalue weighted by atomic mass is 16.6. The zero-order valence-corrected chi connectivity index (χ0v) is 21.6. The van der Waals surface area contributed by atoms with E-state index in [1.165, 1.54) is 0 Å². The first kappa shape index (κ1) is 25.2. The second-order valence-electron chi connectivity index (χ2n) is 11.8. The van der Waals surface area contributed by atoms with Crippen LogP contribution in [0.25, 0.3) is 0 Å². The number of imide groups is 2. The predicted octanol–water partition coefficient (Wildman–Crippen LogP) is 2.93. The molecule has 1 aromatic rings. The second kappa shape index (κ2) is 9.15. The van der Waals surface area contributed by atoms with Crippen LogP contribution in [0.4, 0.5) is 10.5 Å². The monoisotopic (exact) mass is 510 g/mol. The van der Waals surface area contributed by atoms with Crippen LogP contribution in [-0.4, -0.2) is 70.8 Å². The highest BCUT2D eigenvalue weighted by molar-refractivity contribution is 6.25. The fourth-order valence-electron chi connectivity index (χ4n) is 6.12. The molecule has 5 amide bonds. The molecule has 5 rings (SSSR count). The average Bonchev–Trinajstić information content (AvgIpc) is 3.06. The standard InChI is InChI=1S/C27H34N4O6/c1-26(2,3)37-25(36)30-11-9-27(10-12-30)13-16(14-27)15-28-18-6-4-5-17-21(18)24(35)31(23(17)34)19-7-8-20(32)29-22(19)33/h4-6,16,19,28H,7-15H2,1-3H3,(H,29,32,33). The van der Waals surface area contributed by atoms with Crippen molar-refractivity contribution >= 4 is 35.4 Å². The van der Waals surface area contributed by atoms with Crippen LogP contribution >= 0.6 is 0 Å². The van der Waals surface area contributed by atoms with E-state index in [-0.39, 0.29) is 35.5 Å². The van der Waals surface area contributed by atoms with E-state index in [0.29, 0.717) is 31.2 Å². The molecule has 1 saturated carbocycles. The van der Waals surface area contributed by atoms with Gasteiger partial charge in [0.2, 0.25) is 11.8 Å². The molecule has 2 saturated heterocycles. The molecular weight excluding hydrogens is 476 g/mol. The number of benzene rings is 1. The van der Waals surface area contributed by atoms with Crippen molar-refractivity contribution < 1.29 is 28.7 Å². The van der Waals surface area contributed by atoms with E-state index < -0.39 is 35.3 Å². The minimum atomic E-state index is -0.976. The molecule has 10 heteroatoms. The van der Waals surface area contributed by atoms with Gasteiger partial charge in [0.05, 0.1) is 11.1 Å². The van der Waals surface area contributed by atoms with E-state index >= 15 is 0 Å². The summed E-state index contributed by atoms with van der Waals surface area (Å²) in [6.45, 7) is 7.70. The minimum absolute atomic E-state index is 0.0912. The fraction of sp³-hybridized carbons (Fsp3) is 0.593. The van der Waals surface area contributed by atoms with Crippen molar-refractivity contribution in [2.45, 2.75) is 70.9 Å². The van der Waals surface area contributed by atoms with Crippen molar-refractivity contribution in [3.05, 3.63) is 29.3 Å². The molecule has 37 heavy (non-hydrogen) atoms. The Balaban J connectivity index is 1.17. The minimum Gasteiger partial charge on any atom is -0.444 e. The van der Waals surface area contributed by atoms with Gasteiger partial charge in [-0.2, -0.15) is 0 Å². The highest BCUT2D eigenvalue weighted by Crippen LogP contribution is 2.52. The SMILES string of the molecule is CC(C)(C)OC(=O)N1CCC2(CC1)CC(CNc1cccc3c1C(=O)N(C1CCC(=O)NC1=O)C3=O)C2. The van der Waals surface area contributed by atoms with Gasteiger partial charge in [-0.15, -0.1) is 0 Å². The molecule has 3 heterocycles. The van der Waals surface area contributed by atoms with E-state index in [0.717, 1.165) is 30.6 Å². The number of carbonyl (C=O) groups excluding carboxylic acids is 5. The van der Waals surface area contributed by atoms with Gasteiger partial charge in [-0.3, -0.25) is 29.4 Å². The van der Waals surface area contributed by atoms with E-state index in [2.05, 4.69) is 10.6 Å². The van der Waals surface area contributed by atoms with Gasteiger partial charge in [-0.25, -0.2) is 4.79 Å². The number of amides is 5. The first-order valence-corrected chi connectivity index (χ1v) is 13.0. The lowest BCUT2D eigenvalue weighted by Gasteiger charge is -2.52. The van der Waals surface area contributed by atoms with Gasteiger partial charge in [0.15, 0.2) is 0 Å². The molecular formula is C27H34N4O6. The molecule has 198 valence electrons. The largest absolute Gasteiger partial charge is 0.444 e. The Kier molecular flexibility index (Phi) is 6.24. The topological polar surface area (TPSA) is 125 Å². The lowest BCUT2D eigenvalue weighted by Crippen LogP contribution is -2.54. The van der Waals surface area contributed by atoms with Crippen molar-refractivity contribution in [1.29, 1.82) is 0 Å². The zero-order chi connectivity index (χ0) is 26.5. The number of ether oxygens (including phenoxy) is 1. The Morgan fingerprint density at radius 3 is 2.46 bits per heavy atom. The van der Waals surface area contributed by atoms with Crippen LogP contribution in [-0.2, 0) is 14.3 Å². The van der Waals surface area contributed by atoms with Gasteiger partial charge in [0.25, 0.3) is 11.8 Å². The van der Waals surface area contributed by atoms with E-state index in [1.54, 1.807) is 23.1 Å². The first-order valence-electron chi connectivity index (χ1n) is 13.0. The van der Waals surface area contributed by atoms with Crippen molar-refractivity contribution in [3.8, 4) is 0 Å². The quantitative estimate of drug-likeness (QED) is 0.597. The number of carbonyl (C=O) groups is 5. The lowest BCUT2D eigenvalue weighted by atomic mass is 9.57. The molecule has 2 N–H and O–H groups in total. The van der Waals surface area contributed by atoms with Crippen molar-refractivity contribution in [1.82, 2.24) is 15.1 Å². The number of nitrogens with one attached hydrogen (secondary N) is 2. The van der Waals surface area contributed by atoms with Gasteiger partial charge >= 0.3 is 6.09 Å². The third-order valence-corrected chi connectivity index (χ3v) is 7.97. The Hall–Kier alpha value is -3.43. The molecule has 0 bridgehead atoms. The number of nitrogens with zero attached hydrogens (tertiary/aromatic N) is 2. The molecule has 1 atom stereocenters. The molecule has 3 fully saturated rings. The molecule has 1 unspecified atom stereocenters. The van der Waals surface area contributed by atoms with E-state index in [1.807, 2.05) is 20.8 Å². The van der Waals surface area contributed by atoms with E-state index in [9.17, 15) is 24.0 Å². The predicted molar refractivity (Wildman–Crippen MR) is 134 cm³/mol. The average molecular weight is 511 g/mol. The number of rotatable bonds is 4. The summed E-state index contributed by atoms with van der Waals surface area (Å²) in [4.78, 5) is 65.3. The number of fused-ring (bicyclic) bond motifs is 1. The van der Waals surface area contributed by atoms with Crippen LogP contribution in [0, 0.1) is 11.3 Å². The van der Waals surface area contributed by atoms with Gasteiger partial charge in [-0.1, -0.05) is 6.07 Å². The Morgan fingerprint density at radius 1 is 1.11 bits per heavy atom. The number of hydrogen-bond donors (Lipinski definition) is 2. The van der Waals surface area contributed by atoms with E-state index in [4.69, 9.17) is 4.74 Å². The summed E-state index contributed by atoms with van der Waals surface area (Å²) >= 11 is 0. The smallest absolute Gasteiger partial charge is 0.410 e. The Morgan fingerprint density at radius 2 is 1.81 bits per heavy atom. The van der Waals surface area contributed by atoms with Crippen LogP contribution in [0.2, 0.25) is 0 Å². The van der Waals surface area contributed by atoms with Crippen LogP contribution in [0.1, 0.15) is 80.0 Å². The number of likely N-dealkylation sites (tertiary alicyclic amines) is 1. The molecule has 3 aliphatic heterocycles. The lowest BCUT2D eigenvalue weighted by molar-refractivity contribution is -0.136. The van der Waals surface area contributed by atoms with Gasteiger partial charge < -0.3 is 15.0 Å². The third-order valence-electron chi connectivity index (χ3n) is 7.97. The molecule has 1 aliphatic carbocycles. The summed E-state index contributed by atoms with van der Waals surface area (Å²) in [7, 11) is 0. The number of hydrogen-bond acceptors (Lipinski definition) is 7. The van der Waals surface area contributed by atoms with Crippen molar-refractivity contribution in [3.63, 3.8) is 0 Å². The van der Waals surface area contributed by atoms with Crippen molar-refractivity contribution in [2.75, 3.05) is 25.0 Å². The van der Waals surface area contributed by atoms with Crippen LogP contribution in [0.15, 0.2) is 18.2 Å². The van der Waals surface area contributed by atoms with Gasteiger partial charge in [0.1, 0.15) is 11.6 Å². The summed E-state index contributed by atoms with van der Waals surface area (Å²) in [5, 5.41) is 5.60. The molecule has 0 aromatic heterocycles. The zero-order valence-electron chi connectivity index (χ0n) is 21.6. The van der Waals surface area contributed by atoms with Crippen LogP contribution in [0.5, 0.6) is 0 Å². The summed E-state index contributed by atoms with van der Waals surface area (Å²) in [5.41, 5.74) is 0.905. The van der Waals surface area contributed by atoms with Crippen molar-refractivity contribution in [2.24, 2.45) is 11.3 Å². The maximum Gasteiger partial charge on any atom is 0.410 e. The van der Waals surface area contributed by atoms with Crippen LogP contribution < -0.4 is 10.6 Å². The number of anilines is 1. The normalized spacial score (nSPS) is 23.6. The summed E-state index contributed by atoms with van der Waals surface area (Å²) in [6.07, 6.45) is 3.99. The number of piperidine rings is 2. The highest BCUT2D eigenvalue weighted by Gasteiger charge is 2.48. The van der Waals surface area contributed by atoms with Crippen LogP contribution in [0.3, 0.4) is 0 Å². The van der Waals surface area contributed by atoms with Gasteiger partial charge in [0, 0.05) is 31.7 Å². The second-order valence-corrected chi connectivity index (χ2v) is 11.8. The first-order chi connectivity index (χ1) is 17.5. The summed E-state index contributed by atoms with van der Waals surface area (Å²) in [5.74, 6) is -1.58. The molecule has 10 nitrogen and oxygen atoms in total. The van der Waals surface area contributed by atoms with Gasteiger partial charge in [-0.05, 0) is 76.3 Å². The fourth-order valence-corrected chi connectivity index (χ4v) is 6.12. The summed E-state index contributed by atoms with van der Waals surface area (Å²) < 4.78 is 5.50. The molecule has 1 aromatic carbocycles. The Labute approximate surface area is 216 Å². The Bertz CT molecular complexity index is 1160. The maximum absolute atomic E-state index is 13.3. The summed E-state index contributed by atoms with van der Waals surface area (Å²) in [6, 6.07) is 4.14. The maximum atomic E-state index is 13.3. The molecule has 1 spiro atoms. The molecule has 0 radical (unpaired) electrons. The molecule has 4 aliphatic rings.